The van der Waals surface area contributed by atoms with Crippen LogP contribution in [0.25, 0.3) is 27.9 Å². The number of para-hydroxylation sites is 2. The normalized spacial score (nSPS) is 11.2. The van der Waals surface area contributed by atoms with E-state index < -0.39 is 0 Å². The van der Waals surface area contributed by atoms with Crippen LogP contribution < -0.4 is 11.1 Å². The van der Waals surface area contributed by atoms with Crippen LogP contribution in [0.2, 0.25) is 0 Å². The fourth-order valence-corrected chi connectivity index (χ4v) is 3.88. The summed E-state index contributed by atoms with van der Waals surface area (Å²) in [5, 5.41) is 2.88. The fourth-order valence-electron chi connectivity index (χ4n) is 3.88. The molecule has 0 aliphatic heterocycles. The number of carbonyl (C=O) groups excluding carboxylic acids is 1. The molecule has 0 aliphatic rings. The number of hydrogen-bond donors (Lipinski definition) is 2. The summed E-state index contributed by atoms with van der Waals surface area (Å²) < 4.78 is 15.0. The van der Waals surface area contributed by atoms with Crippen LogP contribution in [0.4, 0.5) is 10.2 Å². The van der Waals surface area contributed by atoms with Gasteiger partial charge in [0.25, 0.3) is 5.91 Å². The summed E-state index contributed by atoms with van der Waals surface area (Å²) in [6.45, 7) is 4.30. The Morgan fingerprint density at radius 2 is 1.67 bits per heavy atom. The van der Waals surface area contributed by atoms with Crippen LogP contribution in [0.3, 0.4) is 0 Å². The maximum atomic E-state index is 13.3. The van der Waals surface area contributed by atoms with Gasteiger partial charge in [-0.2, -0.15) is 0 Å². The molecule has 2 heterocycles. The summed E-state index contributed by atoms with van der Waals surface area (Å²) in [6.07, 6.45) is 0. The van der Waals surface area contributed by atoms with Gasteiger partial charge in [-0.25, -0.2) is 14.4 Å². The maximum Gasteiger partial charge on any atom is 0.257 e. The summed E-state index contributed by atoms with van der Waals surface area (Å²) >= 11 is 0. The molecule has 164 valence electrons. The summed E-state index contributed by atoms with van der Waals surface area (Å²) in [4.78, 5) is 22.8. The first-order valence-electron chi connectivity index (χ1n) is 10.6. The van der Waals surface area contributed by atoms with Crippen molar-refractivity contribution in [3.8, 4) is 5.69 Å². The van der Waals surface area contributed by atoms with Gasteiger partial charge in [-0.15, -0.1) is 0 Å². The molecule has 0 saturated heterocycles. The maximum absolute atomic E-state index is 13.3. The molecule has 0 aliphatic carbocycles. The minimum absolute atomic E-state index is 0.232. The van der Waals surface area contributed by atoms with Crippen molar-refractivity contribution in [2.24, 2.45) is 0 Å². The molecule has 5 aromatic rings. The number of rotatable bonds is 4. The van der Waals surface area contributed by atoms with E-state index in [1.807, 2.05) is 56.3 Å². The summed E-state index contributed by atoms with van der Waals surface area (Å²) in [6, 6.07) is 19.5. The highest BCUT2D eigenvalue weighted by atomic mass is 19.1. The number of amides is 1. The summed E-state index contributed by atoms with van der Waals surface area (Å²) in [5.74, 6) is -0.429. The van der Waals surface area contributed by atoms with E-state index in [4.69, 9.17) is 15.7 Å². The molecule has 0 unspecified atom stereocenters. The molecule has 0 spiro atoms. The third kappa shape index (κ3) is 3.67. The van der Waals surface area contributed by atoms with Gasteiger partial charge in [-0.1, -0.05) is 30.3 Å². The van der Waals surface area contributed by atoms with Crippen LogP contribution in [0.15, 0.2) is 66.7 Å². The molecule has 0 fully saturated rings. The van der Waals surface area contributed by atoms with Gasteiger partial charge >= 0.3 is 0 Å². The number of nitrogens with one attached hydrogen (secondary N) is 1. The van der Waals surface area contributed by atoms with Gasteiger partial charge in [0.1, 0.15) is 22.7 Å². The highest BCUT2D eigenvalue weighted by molar-refractivity contribution is 6.11. The van der Waals surface area contributed by atoms with E-state index in [1.54, 1.807) is 16.7 Å². The Kier molecular flexibility index (Phi) is 5.01. The zero-order valence-electron chi connectivity index (χ0n) is 18.3. The second-order valence-corrected chi connectivity index (χ2v) is 8.06. The van der Waals surface area contributed by atoms with E-state index >= 15 is 0 Å². The predicted molar refractivity (Wildman–Crippen MR) is 128 cm³/mol. The van der Waals surface area contributed by atoms with Crippen LogP contribution >= 0.6 is 0 Å². The first-order valence-corrected chi connectivity index (χ1v) is 10.6. The fraction of sp³-hybridized carbons (Fsp3) is 0.115. The number of nitrogen functional groups attached to an aromatic ring is 1. The van der Waals surface area contributed by atoms with Gasteiger partial charge in [0.15, 0.2) is 5.65 Å². The second kappa shape index (κ2) is 8.02. The first kappa shape index (κ1) is 20.6. The molecule has 2 aromatic heterocycles. The first-order chi connectivity index (χ1) is 15.9. The number of carbonyl (C=O) groups is 1. The minimum atomic E-state index is -0.367. The van der Waals surface area contributed by atoms with Crippen LogP contribution in [-0.4, -0.2) is 20.4 Å². The Labute approximate surface area is 189 Å². The molecule has 0 radical (unpaired) electrons. The molecule has 33 heavy (non-hydrogen) atoms. The number of hydrogen-bond acceptors (Lipinski definition) is 4. The Balaban J connectivity index is 1.66. The monoisotopic (exact) mass is 439 g/mol. The van der Waals surface area contributed by atoms with Gasteiger partial charge in [-0.05, 0) is 66.9 Å². The van der Waals surface area contributed by atoms with Crippen LogP contribution in [-0.2, 0) is 6.54 Å². The topological polar surface area (TPSA) is 85.8 Å². The molecule has 0 atom stereocenters. The lowest BCUT2D eigenvalue weighted by Gasteiger charge is -2.10. The van der Waals surface area contributed by atoms with Crippen LogP contribution in [0, 0.1) is 19.7 Å². The van der Waals surface area contributed by atoms with Crippen molar-refractivity contribution in [1.82, 2.24) is 19.9 Å². The highest BCUT2D eigenvalue weighted by Crippen LogP contribution is 2.31. The lowest BCUT2D eigenvalue weighted by molar-refractivity contribution is 0.0953. The standard InChI is InChI=1S/C26H22FN5O/c1-15-7-12-19(13-16(15)2)32-24(28)22(26(33)29-14-17-8-10-18(27)11-9-17)23-25(32)31-21-6-4-3-5-20(21)30-23/h3-13H,14,28H2,1-2H3,(H,29,33). The number of anilines is 1. The number of nitrogens with zero attached hydrogens (tertiary/aromatic N) is 3. The molecular weight excluding hydrogens is 417 g/mol. The number of halogens is 1. The van der Waals surface area contributed by atoms with Crippen molar-refractivity contribution in [3.05, 3.63) is 94.8 Å². The number of benzene rings is 3. The lowest BCUT2D eigenvalue weighted by Crippen LogP contribution is -2.24. The van der Waals surface area contributed by atoms with E-state index in [-0.39, 0.29) is 29.7 Å². The Bertz CT molecular complexity index is 1520. The van der Waals surface area contributed by atoms with Crippen molar-refractivity contribution in [3.63, 3.8) is 0 Å². The average molecular weight is 439 g/mol. The molecule has 0 saturated carbocycles. The van der Waals surface area contributed by atoms with Gasteiger partial charge in [-0.3, -0.25) is 9.36 Å². The number of nitrogens with two attached hydrogens (primary N) is 1. The van der Waals surface area contributed by atoms with Gasteiger partial charge in [0.2, 0.25) is 0 Å². The van der Waals surface area contributed by atoms with Gasteiger partial charge in [0.05, 0.1) is 11.0 Å². The van der Waals surface area contributed by atoms with Crippen molar-refractivity contribution < 1.29 is 9.18 Å². The van der Waals surface area contributed by atoms with Crippen molar-refractivity contribution in [1.29, 1.82) is 0 Å². The Morgan fingerprint density at radius 1 is 0.970 bits per heavy atom. The van der Waals surface area contributed by atoms with E-state index in [0.717, 1.165) is 22.4 Å². The van der Waals surface area contributed by atoms with E-state index in [1.165, 1.54) is 12.1 Å². The van der Waals surface area contributed by atoms with Crippen molar-refractivity contribution in [2.75, 3.05) is 5.73 Å². The molecule has 7 heteroatoms. The Morgan fingerprint density at radius 3 is 2.36 bits per heavy atom. The van der Waals surface area contributed by atoms with E-state index in [0.29, 0.717) is 22.2 Å². The second-order valence-electron chi connectivity index (χ2n) is 8.06. The molecule has 6 nitrogen and oxygen atoms in total. The van der Waals surface area contributed by atoms with Gasteiger partial charge < -0.3 is 11.1 Å². The van der Waals surface area contributed by atoms with Crippen molar-refractivity contribution in [2.45, 2.75) is 20.4 Å². The van der Waals surface area contributed by atoms with Crippen molar-refractivity contribution >= 4 is 33.9 Å². The SMILES string of the molecule is Cc1ccc(-n2c(N)c(C(=O)NCc3ccc(F)cc3)c3nc4ccccc4nc32)cc1C. The third-order valence-corrected chi connectivity index (χ3v) is 5.84. The third-order valence-electron chi connectivity index (χ3n) is 5.84. The lowest BCUT2D eigenvalue weighted by atomic mass is 10.1. The largest absolute Gasteiger partial charge is 0.384 e. The molecule has 0 bridgehead atoms. The van der Waals surface area contributed by atoms with E-state index in [2.05, 4.69) is 5.32 Å². The smallest absolute Gasteiger partial charge is 0.257 e. The Hall–Kier alpha value is -4.26. The average Bonchev–Trinajstić information content (AvgIpc) is 3.09. The predicted octanol–water partition coefficient (Wildman–Crippen LogP) is 4.84. The molecule has 1 amide bonds. The molecule has 3 aromatic carbocycles. The van der Waals surface area contributed by atoms with E-state index in [9.17, 15) is 9.18 Å². The quantitative estimate of drug-likeness (QED) is 0.420. The number of aryl methyl sites for hydroxylation is 2. The van der Waals surface area contributed by atoms with Crippen LogP contribution in [0.5, 0.6) is 0 Å². The van der Waals surface area contributed by atoms with Gasteiger partial charge in [0, 0.05) is 12.2 Å². The molecular formula is C26H22FN5O. The summed E-state index contributed by atoms with van der Waals surface area (Å²) in [5.41, 5.74) is 13.0. The van der Waals surface area contributed by atoms with Crippen LogP contribution in [0.1, 0.15) is 27.0 Å². The minimum Gasteiger partial charge on any atom is -0.384 e. The number of fused-ring (bicyclic) bond motifs is 2. The molecule has 5 rings (SSSR count). The summed E-state index contributed by atoms with van der Waals surface area (Å²) in [7, 11) is 0. The highest BCUT2D eigenvalue weighted by Gasteiger charge is 2.25. The molecule has 3 N–H and O–H groups in total. The zero-order chi connectivity index (χ0) is 23.1. The zero-order valence-corrected chi connectivity index (χ0v) is 18.3. The number of aromatic nitrogens is 3.